The van der Waals surface area contributed by atoms with Crippen molar-refractivity contribution in [1.29, 1.82) is 0 Å². The zero-order valence-electron chi connectivity index (χ0n) is 16.5. The average Bonchev–Trinajstić information content (AvgIpc) is 3.26. The number of morpholine rings is 1. The number of amides is 4. The van der Waals surface area contributed by atoms with Gasteiger partial charge in [0.05, 0.1) is 18.9 Å². The first-order valence-corrected chi connectivity index (χ1v) is 9.84. The summed E-state index contributed by atoms with van der Waals surface area (Å²) in [6, 6.07) is 11.4. The maximum atomic E-state index is 13.0. The second-order valence-corrected chi connectivity index (χ2v) is 7.19. The van der Waals surface area contributed by atoms with Crippen LogP contribution in [0.2, 0.25) is 0 Å². The van der Waals surface area contributed by atoms with Gasteiger partial charge in [0.25, 0.3) is 11.8 Å². The molecule has 0 bridgehead atoms. The van der Waals surface area contributed by atoms with Crippen LogP contribution >= 0.6 is 0 Å². The molecule has 2 aromatic carbocycles. The summed E-state index contributed by atoms with van der Waals surface area (Å²) in [4.78, 5) is 40.9. The molecular weight excluding hydrogens is 402 g/mol. The van der Waals surface area contributed by atoms with E-state index >= 15 is 0 Å². The molecule has 1 N–H and O–H groups in total. The first-order valence-electron chi connectivity index (χ1n) is 9.84. The van der Waals surface area contributed by atoms with Gasteiger partial charge in [-0.15, -0.1) is 0 Å². The van der Waals surface area contributed by atoms with Crippen molar-refractivity contribution >= 4 is 35.3 Å². The number of ether oxygens (including phenoxy) is 3. The number of benzene rings is 2. The Morgan fingerprint density at radius 1 is 0.871 bits per heavy atom. The summed E-state index contributed by atoms with van der Waals surface area (Å²) >= 11 is 0. The molecule has 4 amide bonds. The van der Waals surface area contributed by atoms with E-state index < -0.39 is 17.8 Å². The van der Waals surface area contributed by atoms with Crippen molar-refractivity contribution in [2.75, 3.05) is 42.9 Å². The van der Waals surface area contributed by atoms with E-state index in [9.17, 15) is 14.4 Å². The topological polar surface area (TPSA) is 97.4 Å². The molecular formula is C22H19N3O6. The number of hydrogen-bond acceptors (Lipinski definition) is 7. The molecule has 2 aromatic rings. The SMILES string of the molecule is O=C1NC(=O)N(c2ccc3c(c2)OCO3)C(=O)/C1=C/c1ccc(N2CCOCC2)cc1. The van der Waals surface area contributed by atoms with E-state index in [-0.39, 0.29) is 18.1 Å². The number of imide groups is 2. The molecule has 3 heterocycles. The summed E-state index contributed by atoms with van der Waals surface area (Å²) in [5.74, 6) is -0.478. The van der Waals surface area contributed by atoms with Crippen LogP contribution in [0.4, 0.5) is 16.2 Å². The smallest absolute Gasteiger partial charge is 0.335 e. The van der Waals surface area contributed by atoms with Gasteiger partial charge in [-0.3, -0.25) is 14.9 Å². The van der Waals surface area contributed by atoms with Gasteiger partial charge in [-0.2, -0.15) is 0 Å². The molecule has 0 spiro atoms. The highest BCUT2D eigenvalue weighted by Gasteiger charge is 2.37. The van der Waals surface area contributed by atoms with Gasteiger partial charge in [-0.25, -0.2) is 9.69 Å². The normalized spacial score (nSPS) is 19.7. The van der Waals surface area contributed by atoms with Gasteiger partial charge in [-0.1, -0.05) is 12.1 Å². The Hall–Kier alpha value is -3.85. The number of fused-ring (bicyclic) bond motifs is 1. The fourth-order valence-corrected chi connectivity index (χ4v) is 3.69. The molecule has 3 aliphatic heterocycles. The molecule has 158 valence electrons. The lowest BCUT2D eigenvalue weighted by molar-refractivity contribution is -0.122. The highest BCUT2D eigenvalue weighted by atomic mass is 16.7. The van der Waals surface area contributed by atoms with Crippen LogP contribution in [0.15, 0.2) is 48.0 Å². The van der Waals surface area contributed by atoms with Gasteiger partial charge in [0.2, 0.25) is 6.79 Å². The minimum absolute atomic E-state index is 0.0724. The second kappa shape index (κ2) is 7.77. The standard InChI is InChI=1S/C22H19N3O6/c26-20-17(11-14-1-3-15(4-2-14)24-7-9-29-10-8-24)21(27)25(22(28)23-20)16-5-6-18-19(12-16)31-13-30-18/h1-6,11-12H,7-10,13H2,(H,23,26,28)/b17-11+. The number of rotatable bonds is 3. The summed E-state index contributed by atoms with van der Waals surface area (Å²) in [5, 5.41) is 2.22. The Morgan fingerprint density at radius 3 is 2.35 bits per heavy atom. The lowest BCUT2D eigenvalue weighted by Crippen LogP contribution is -2.54. The number of nitrogens with zero attached hydrogens (tertiary/aromatic N) is 2. The van der Waals surface area contributed by atoms with E-state index in [1.807, 2.05) is 24.3 Å². The van der Waals surface area contributed by atoms with Crippen LogP contribution in [0.3, 0.4) is 0 Å². The van der Waals surface area contributed by atoms with Gasteiger partial charge >= 0.3 is 6.03 Å². The fourth-order valence-electron chi connectivity index (χ4n) is 3.69. The molecule has 3 aliphatic rings. The number of barbiturate groups is 1. The van der Waals surface area contributed by atoms with E-state index in [0.29, 0.717) is 30.3 Å². The molecule has 5 rings (SSSR count). The summed E-state index contributed by atoms with van der Waals surface area (Å²) in [5.41, 5.74) is 1.88. The summed E-state index contributed by atoms with van der Waals surface area (Å²) in [7, 11) is 0. The highest BCUT2D eigenvalue weighted by Crippen LogP contribution is 2.36. The quantitative estimate of drug-likeness (QED) is 0.597. The molecule has 2 fully saturated rings. The van der Waals surface area contributed by atoms with E-state index in [4.69, 9.17) is 14.2 Å². The molecule has 0 unspecified atom stereocenters. The molecule has 0 atom stereocenters. The summed E-state index contributed by atoms with van der Waals surface area (Å²) in [6.07, 6.45) is 1.48. The molecule has 31 heavy (non-hydrogen) atoms. The number of carbonyl (C=O) groups is 3. The molecule has 2 saturated heterocycles. The van der Waals surface area contributed by atoms with Crippen molar-refractivity contribution in [3.05, 3.63) is 53.6 Å². The van der Waals surface area contributed by atoms with Gasteiger partial charge in [-0.05, 0) is 35.9 Å². The molecule has 9 heteroatoms. The van der Waals surface area contributed by atoms with Gasteiger partial charge in [0.15, 0.2) is 11.5 Å². The summed E-state index contributed by atoms with van der Waals surface area (Å²) in [6.45, 7) is 3.07. The van der Waals surface area contributed by atoms with Crippen LogP contribution in [0.25, 0.3) is 6.08 Å². The number of nitrogens with one attached hydrogen (secondary N) is 1. The zero-order valence-corrected chi connectivity index (χ0v) is 16.5. The number of carbonyl (C=O) groups excluding carboxylic acids is 3. The Labute approximate surface area is 177 Å². The monoisotopic (exact) mass is 421 g/mol. The third kappa shape index (κ3) is 3.59. The Balaban J connectivity index is 1.41. The third-order valence-electron chi connectivity index (χ3n) is 5.30. The summed E-state index contributed by atoms with van der Waals surface area (Å²) < 4.78 is 16.0. The lowest BCUT2D eigenvalue weighted by Gasteiger charge is -2.29. The Morgan fingerprint density at radius 2 is 1.58 bits per heavy atom. The van der Waals surface area contributed by atoms with Crippen molar-refractivity contribution in [2.45, 2.75) is 0 Å². The lowest BCUT2D eigenvalue weighted by atomic mass is 10.1. The number of anilines is 2. The molecule has 0 saturated carbocycles. The number of urea groups is 1. The van der Waals surface area contributed by atoms with Crippen molar-refractivity contribution < 1.29 is 28.6 Å². The second-order valence-electron chi connectivity index (χ2n) is 7.19. The molecule has 0 aliphatic carbocycles. The van der Waals surface area contributed by atoms with E-state index in [1.54, 1.807) is 12.1 Å². The van der Waals surface area contributed by atoms with Crippen LogP contribution in [0, 0.1) is 0 Å². The largest absolute Gasteiger partial charge is 0.454 e. The maximum absolute atomic E-state index is 13.0. The van der Waals surface area contributed by atoms with Crippen molar-refractivity contribution in [3.63, 3.8) is 0 Å². The number of hydrogen-bond donors (Lipinski definition) is 1. The van der Waals surface area contributed by atoms with Crippen molar-refractivity contribution in [1.82, 2.24) is 5.32 Å². The highest BCUT2D eigenvalue weighted by molar-refractivity contribution is 6.39. The molecule has 0 aromatic heterocycles. The third-order valence-corrected chi connectivity index (χ3v) is 5.30. The average molecular weight is 421 g/mol. The van der Waals surface area contributed by atoms with Crippen LogP contribution in [-0.4, -0.2) is 50.9 Å². The van der Waals surface area contributed by atoms with Crippen LogP contribution in [-0.2, 0) is 14.3 Å². The molecule has 9 nitrogen and oxygen atoms in total. The van der Waals surface area contributed by atoms with Crippen molar-refractivity contribution in [2.24, 2.45) is 0 Å². The Kier molecular flexibility index (Phi) is 4.79. The predicted molar refractivity (Wildman–Crippen MR) is 111 cm³/mol. The minimum Gasteiger partial charge on any atom is -0.454 e. The first-order chi connectivity index (χ1) is 15.1. The van der Waals surface area contributed by atoms with Crippen molar-refractivity contribution in [3.8, 4) is 11.5 Å². The minimum atomic E-state index is -0.811. The van der Waals surface area contributed by atoms with Gasteiger partial charge in [0.1, 0.15) is 5.57 Å². The van der Waals surface area contributed by atoms with Crippen LogP contribution in [0.1, 0.15) is 5.56 Å². The van der Waals surface area contributed by atoms with Crippen LogP contribution < -0.4 is 24.6 Å². The first kappa shape index (κ1) is 19.1. The predicted octanol–water partition coefficient (Wildman–Crippen LogP) is 1.92. The fraction of sp³-hybridized carbons (Fsp3) is 0.227. The van der Waals surface area contributed by atoms with E-state index in [2.05, 4.69) is 10.2 Å². The van der Waals surface area contributed by atoms with Gasteiger partial charge in [0, 0.05) is 24.8 Å². The Bertz CT molecular complexity index is 1090. The van der Waals surface area contributed by atoms with E-state index in [1.165, 1.54) is 12.1 Å². The van der Waals surface area contributed by atoms with E-state index in [0.717, 1.165) is 23.7 Å². The maximum Gasteiger partial charge on any atom is 0.335 e. The molecule has 0 radical (unpaired) electrons. The van der Waals surface area contributed by atoms with Gasteiger partial charge < -0.3 is 19.1 Å². The zero-order chi connectivity index (χ0) is 21.4. The van der Waals surface area contributed by atoms with Crippen LogP contribution in [0.5, 0.6) is 11.5 Å².